The zero-order valence-electron chi connectivity index (χ0n) is 13.3. The van der Waals surface area contributed by atoms with Crippen LogP contribution in [0.4, 0.5) is 14.9 Å². The summed E-state index contributed by atoms with van der Waals surface area (Å²) >= 11 is 0. The van der Waals surface area contributed by atoms with Crippen LogP contribution < -0.4 is 10.1 Å². The highest BCUT2D eigenvalue weighted by molar-refractivity contribution is 5.89. The minimum absolute atomic E-state index is 0.111. The van der Waals surface area contributed by atoms with Crippen LogP contribution in [0.1, 0.15) is 32.1 Å². The van der Waals surface area contributed by atoms with Crippen molar-refractivity contribution in [2.24, 2.45) is 5.92 Å². The number of carbonyl (C=O) groups excluding carboxylic acids is 1. The number of amides is 2. The molecule has 0 bridgehead atoms. The van der Waals surface area contributed by atoms with E-state index in [9.17, 15) is 14.3 Å². The van der Waals surface area contributed by atoms with E-state index in [4.69, 9.17) is 4.74 Å². The number of nitrogens with one attached hydrogen (secondary N) is 1. The van der Waals surface area contributed by atoms with E-state index >= 15 is 0 Å². The van der Waals surface area contributed by atoms with Crippen molar-refractivity contribution < 1.29 is 19.0 Å². The van der Waals surface area contributed by atoms with E-state index in [-0.39, 0.29) is 24.4 Å². The first kappa shape index (κ1) is 16.1. The lowest BCUT2D eigenvalue weighted by Gasteiger charge is -2.26. The van der Waals surface area contributed by atoms with Crippen LogP contribution in [-0.4, -0.2) is 41.8 Å². The van der Waals surface area contributed by atoms with Gasteiger partial charge in [-0.1, -0.05) is 0 Å². The summed E-state index contributed by atoms with van der Waals surface area (Å²) in [6.45, 7) is 0.280. The predicted molar refractivity (Wildman–Crippen MR) is 85.0 cm³/mol. The summed E-state index contributed by atoms with van der Waals surface area (Å²) in [5.74, 6) is 0.0613. The van der Waals surface area contributed by atoms with Crippen LogP contribution in [-0.2, 0) is 0 Å². The number of nitrogens with zero attached hydrogens (tertiary/aromatic N) is 1. The lowest BCUT2D eigenvalue weighted by Crippen LogP contribution is -2.38. The standard InChI is InChI=1S/C17H23FN2O3/c1-20(10-15(21)11-5-6-11)17(22)19-12-7-8-16(14(18)9-12)23-13-3-2-4-13/h7-9,11,13,15,21H,2-6,10H2,1H3,(H,19,22). The Balaban J connectivity index is 1.53. The number of hydrogen-bond donors (Lipinski definition) is 2. The second-order valence-electron chi connectivity index (χ2n) is 6.53. The van der Waals surface area contributed by atoms with Gasteiger partial charge in [0, 0.05) is 25.3 Å². The quantitative estimate of drug-likeness (QED) is 0.846. The Bertz CT molecular complexity index is 573. The van der Waals surface area contributed by atoms with Crippen LogP contribution in [0, 0.1) is 11.7 Å². The third-order valence-corrected chi connectivity index (χ3v) is 4.50. The molecule has 0 aromatic heterocycles. The van der Waals surface area contributed by atoms with Crippen molar-refractivity contribution in [2.45, 2.75) is 44.3 Å². The first-order valence-electron chi connectivity index (χ1n) is 8.19. The molecular formula is C17H23FN2O3. The fourth-order valence-electron chi connectivity index (χ4n) is 2.55. The topological polar surface area (TPSA) is 61.8 Å². The van der Waals surface area contributed by atoms with Crippen molar-refractivity contribution >= 4 is 11.7 Å². The highest BCUT2D eigenvalue weighted by Crippen LogP contribution is 2.33. The normalized spacial score (nSPS) is 18.9. The van der Waals surface area contributed by atoms with Crippen molar-refractivity contribution in [3.05, 3.63) is 24.0 Å². The maximum absolute atomic E-state index is 14.0. The Labute approximate surface area is 135 Å². The molecule has 1 unspecified atom stereocenters. The van der Waals surface area contributed by atoms with E-state index in [0.29, 0.717) is 11.6 Å². The maximum Gasteiger partial charge on any atom is 0.321 e. The summed E-state index contributed by atoms with van der Waals surface area (Å²) in [6, 6.07) is 4.07. The second kappa shape index (κ2) is 6.74. The molecular weight excluding hydrogens is 299 g/mol. The van der Waals surface area contributed by atoms with Gasteiger partial charge in [-0.25, -0.2) is 9.18 Å². The number of benzene rings is 1. The lowest BCUT2D eigenvalue weighted by molar-refractivity contribution is 0.115. The van der Waals surface area contributed by atoms with E-state index in [1.54, 1.807) is 19.2 Å². The highest BCUT2D eigenvalue weighted by Gasteiger charge is 2.31. The molecule has 2 saturated carbocycles. The fourth-order valence-corrected chi connectivity index (χ4v) is 2.55. The molecule has 1 aromatic carbocycles. The van der Waals surface area contributed by atoms with Crippen molar-refractivity contribution in [1.82, 2.24) is 4.90 Å². The molecule has 2 N–H and O–H groups in total. The van der Waals surface area contributed by atoms with E-state index in [1.807, 2.05) is 0 Å². The minimum Gasteiger partial charge on any atom is -0.487 e. The molecule has 0 heterocycles. The molecule has 0 saturated heterocycles. The summed E-state index contributed by atoms with van der Waals surface area (Å²) in [5.41, 5.74) is 0.376. The van der Waals surface area contributed by atoms with Gasteiger partial charge in [-0.2, -0.15) is 0 Å². The van der Waals surface area contributed by atoms with Crippen LogP contribution in [0.25, 0.3) is 0 Å². The molecule has 0 aliphatic heterocycles. The van der Waals surface area contributed by atoms with Crippen molar-refractivity contribution in [1.29, 1.82) is 0 Å². The summed E-state index contributed by atoms with van der Waals surface area (Å²) in [5, 5.41) is 12.5. The minimum atomic E-state index is -0.485. The van der Waals surface area contributed by atoms with Gasteiger partial charge >= 0.3 is 6.03 Å². The average molecular weight is 322 g/mol. The van der Waals surface area contributed by atoms with Gasteiger partial charge in [0.25, 0.3) is 0 Å². The number of likely N-dealkylation sites (N-methyl/N-ethyl adjacent to an activating group) is 1. The van der Waals surface area contributed by atoms with E-state index in [2.05, 4.69) is 5.32 Å². The SMILES string of the molecule is CN(CC(O)C1CC1)C(=O)Nc1ccc(OC2CCC2)c(F)c1. The largest absolute Gasteiger partial charge is 0.487 e. The molecule has 0 radical (unpaired) electrons. The first-order chi connectivity index (χ1) is 11.0. The number of ether oxygens (including phenoxy) is 1. The third-order valence-electron chi connectivity index (χ3n) is 4.50. The Hall–Kier alpha value is -1.82. The Morgan fingerprint density at radius 1 is 1.43 bits per heavy atom. The molecule has 0 spiro atoms. The molecule has 2 amide bonds. The Kier molecular flexibility index (Phi) is 4.71. The van der Waals surface area contributed by atoms with Gasteiger partial charge in [-0.05, 0) is 50.2 Å². The number of urea groups is 1. The molecule has 5 nitrogen and oxygen atoms in total. The average Bonchev–Trinajstić information content (AvgIpc) is 3.29. The van der Waals surface area contributed by atoms with Crippen LogP contribution >= 0.6 is 0 Å². The van der Waals surface area contributed by atoms with Crippen molar-refractivity contribution in [3.8, 4) is 5.75 Å². The molecule has 1 atom stereocenters. The van der Waals surface area contributed by atoms with Gasteiger partial charge in [-0.3, -0.25) is 0 Å². The zero-order valence-corrected chi connectivity index (χ0v) is 13.3. The van der Waals surface area contributed by atoms with Crippen LogP contribution in [0.15, 0.2) is 18.2 Å². The smallest absolute Gasteiger partial charge is 0.321 e. The first-order valence-corrected chi connectivity index (χ1v) is 8.19. The van der Waals surface area contributed by atoms with Gasteiger partial charge in [0.15, 0.2) is 11.6 Å². The summed E-state index contributed by atoms with van der Waals surface area (Å²) in [4.78, 5) is 13.5. The number of aliphatic hydroxyl groups excluding tert-OH is 1. The van der Waals surface area contributed by atoms with Crippen LogP contribution in [0.3, 0.4) is 0 Å². The monoisotopic (exact) mass is 322 g/mol. The summed E-state index contributed by atoms with van der Waals surface area (Å²) < 4.78 is 19.6. The van der Waals surface area contributed by atoms with E-state index in [1.165, 1.54) is 11.0 Å². The number of rotatable bonds is 6. The van der Waals surface area contributed by atoms with E-state index in [0.717, 1.165) is 32.1 Å². The number of hydrogen-bond acceptors (Lipinski definition) is 3. The fraction of sp³-hybridized carbons (Fsp3) is 0.588. The molecule has 1 aromatic rings. The summed E-state index contributed by atoms with van der Waals surface area (Å²) in [6.07, 6.45) is 4.72. The predicted octanol–water partition coefficient (Wildman–Crippen LogP) is 2.99. The number of halogens is 1. The number of aliphatic hydroxyl groups is 1. The van der Waals surface area contributed by atoms with Gasteiger partial charge in [0.2, 0.25) is 0 Å². The molecule has 2 aliphatic carbocycles. The van der Waals surface area contributed by atoms with Crippen LogP contribution in [0.5, 0.6) is 5.75 Å². The number of anilines is 1. The molecule has 23 heavy (non-hydrogen) atoms. The zero-order chi connectivity index (χ0) is 16.4. The molecule has 126 valence electrons. The van der Waals surface area contributed by atoms with Gasteiger partial charge in [0.05, 0.1) is 12.2 Å². The van der Waals surface area contributed by atoms with E-state index < -0.39 is 11.9 Å². The van der Waals surface area contributed by atoms with Crippen LogP contribution in [0.2, 0.25) is 0 Å². The molecule has 3 rings (SSSR count). The maximum atomic E-state index is 14.0. The van der Waals surface area contributed by atoms with Gasteiger partial charge in [0.1, 0.15) is 0 Å². The lowest BCUT2D eigenvalue weighted by atomic mass is 9.96. The highest BCUT2D eigenvalue weighted by atomic mass is 19.1. The molecule has 6 heteroatoms. The van der Waals surface area contributed by atoms with Crippen molar-refractivity contribution in [2.75, 3.05) is 18.9 Å². The Morgan fingerprint density at radius 3 is 2.74 bits per heavy atom. The van der Waals surface area contributed by atoms with Gasteiger partial charge in [-0.15, -0.1) is 0 Å². The van der Waals surface area contributed by atoms with Crippen molar-refractivity contribution in [3.63, 3.8) is 0 Å². The second-order valence-corrected chi connectivity index (χ2v) is 6.53. The number of carbonyl (C=O) groups is 1. The molecule has 2 aliphatic rings. The summed E-state index contributed by atoms with van der Waals surface area (Å²) in [7, 11) is 1.62. The molecule has 2 fully saturated rings. The van der Waals surface area contributed by atoms with Gasteiger partial charge < -0.3 is 20.1 Å². The third kappa shape index (κ3) is 4.13. The Morgan fingerprint density at radius 2 is 2.17 bits per heavy atom.